The molecule has 1 aromatic heterocycles. The highest BCUT2D eigenvalue weighted by molar-refractivity contribution is 7.80. The van der Waals surface area contributed by atoms with Crippen LogP contribution >= 0.6 is 12.2 Å². The van der Waals surface area contributed by atoms with Gasteiger partial charge in [-0.25, -0.2) is 0 Å². The lowest BCUT2D eigenvalue weighted by Gasteiger charge is -2.38. The summed E-state index contributed by atoms with van der Waals surface area (Å²) in [5.74, 6) is 0. The van der Waals surface area contributed by atoms with Crippen LogP contribution in [0.2, 0.25) is 0 Å². The maximum Gasteiger partial charge on any atom is 0.174 e. The Hall–Kier alpha value is -2.50. The average molecular weight is 349 g/mol. The average Bonchev–Trinajstić information content (AvgIpc) is 2.67. The molecule has 4 nitrogen and oxygen atoms in total. The Morgan fingerprint density at radius 3 is 2.84 bits per heavy atom. The molecule has 126 valence electrons. The molecule has 1 aliphatic heterocycles. The van der Waals surface area contributed by atoms with Gasteiger partial charge < -0.3 is 15.3 Å². The second-order valence-corrected chi connectivity index (χ2v) is 6.66. The number of pyridine rings is 1. The maximum atomic E-state index is 9.84. The Morgan fingerprint density at radius 1 is 1.16 bits per heavy atom. The molecular formula is C20H19N3OS. The quantitative estimate of drug-likeness (QED) is 0.695. The third-order valence-electron chi connectivity index (χ3n) is 4.75. The molecule has 1 aliphatic rings. The van der Waals surface area contributed by atoms with Crippen LogP contribution in [0.5, 0.6) is 0 Å². The molecule has 0 spiro atoms. The van der Waals surface area contributed by atoms with Crippen LogP contribution in [-0.4, -0.2) is 32.8 Å². The van der Waals surface area contributed by atoms with E-state index in [1.807, 2.05) is 42.6 Å². The van der Waals surface area contributed by atoms with Crippen molar-refractivity contribution in [3.63, 3.8) is 0 Å². The van der Waals surface area contributed by atoms with E-state index in [-0.39, 0.29) is 12.6 Å². The number of aliphatic hydroxyl groups is 1. The summed E-state index contributed by atoms with van der Waals surface area (Å²) in [6.07, 6.45) is 4.43. The Kier molecular flexibility index (Phi) is 4.34. The van der Waals surface area contributed by atoms with E-state index in [2.05, 4.69) is 27.3 Å². The first-order valence-electron chi connectivity index (χ1n) is 8.34. The van der Waals surface area contributed by atoms with Gasteiger partial charge in [-0.15, -0.1) is 0 Å². The highest BCUT2D eigenvalue weighted by Crippen LogP contribution is 2.26. The van der Waals surface area contributed by atoms with Crippen molar-refractivity contribution in [3.05, 3.63) is 72.1 Å². The lowest BCUT2D eigenvalue weighted by Crippen LogP contribution is -2.48. The summed E-state index contributed by atoms with van der Waals surface area (Å²) in [7, 11) is 0. The second-order valence-electron chi connectivity index (χ2n) is 6.27. The fourth-order valence-corrected chi connectivity index (χ4v) is 3.73. The zero-order chi connectivity index (χ0) is 17.2. The van der Waals surface area contributed by atoms with Crippen molar-refractivity contribution < 1.29 is 5.11 Å². The van der Waals surface area contributed by atoms with Gasteiger partial charge in [0.05, 0.1) is 12.6 Å². The first-order valence-corrected chi connectivity index (χ1v) is 8.75. The van der Waals surface area contributed by atoms with E-state index in [0.717, 1.165) is 22.9 Å². The van der Waals surface area contributed by atoms with Crippen molar-refractivity contribution in [3.8, 4) is 0 Å². The zero-order valence-electron chi connectivity index (χ0n) is 13.7. The topological polar surface area (TPSA) is 48.4 Å². The molecule has 0 radical (unpaired) electrons. The van der Waals surface area contributed by atoms with Crippen LogP contribution in [0.1, 0.15) is 11.1 Å². The third kappa shape index (κ3) is 3.08. The van der Waals surface area contributed by atoms with Gasteiger partial charge in [-0.1, -0.05) is 36.4 Å². The van der Waals surface area contributed by atoms with E-state index in [0.29, 0.717) is 11.7 Å². The minimum Gasteiger partial charge on any atom is -0.394 e. The Labute approximate surface area is 152 Å². The number of nitrogens with one attached hydrogen (secondary N) is 1. The molecule has 2 heterocycles. The minimum absolute atomic E-state index is 0.00783. The van der Waals surface area contributed by atoms with Gasteiger partial charge in [-0.2, -0.15) is 0 Å². The van der Waals surface area contributed by atoms with Gasteiger partial charge in [0.2, 0.25) is 0 Å². The fourth-order valence-electron chi connectivity index (χ4n) is 3.41. The molecular weight excluding hydrogens is 330 g/mol. The highest BCUT2D eigenvalue weighted by atomic mass is 32.1. The first kappa shape index (κ1) is 16.0. The number of hydrogen-bond acceptors (Lipinski definition) is 3. The van der Waals surface area contributed by atoms with Crippen LogP contribution in [0.25, 0.3) is 10.8 Å². The van der Waals surface area contributed by atoms with E-state index in [1.165, 1.54) is 11.1 Å². The first-order chi connectivity index (χ1) is 12.3. The predicted molar refractivity (Wildman–Crippen MR) is 105 cm³/mol. The molecule has 2 aromatic carbocycles. The largest absolute Gasteiger partial charge is 0.394 e. The number of aliphatic hydroxyl groups excluding tert-OH is 1. The van der Waals surface area contributed by atoms with Gasteiger partial charge in [0.15, 0.2) is 5.11 Å². The predicted octanol–water partition coefficient (Wildman–Crippen LogP) is 3.35. The zero-order valence-corrected chi connectivity index (χ0v) is 14.5. The number of hydrogen-bond donors (Lipinski definition) is 2. The van der Waals surface area contributed by atoms with E-state index < -0.39 is 0 Å². The summed E-state index contributed by atoms with van der Waals surface area (Å²) in [4.78, 5) is 6.25. The standard InChI is InChI=1S/C20H19N3OS/c24-13-17-10-14-4-1-2-5-16(14)12-23(17)20(25)22-19-7-3-6-15-11-21-9-8-18(15)19/h1-9,11,17,24H,10,12-13H2,(H,22,25)/t17-/m0/s1. The van der Waals surface area contributed by atoms with Gasteiger partial charge in [0.1, 0.15) is 0 Å². The van der Waals surface area contributed by atoms with Gasteiger partial charge in [0, 0.05) is 35.4 Å². The molecule has 0 aliphatic carbocycles. The Bertz CT molecular complexity index is 922. The molecule has 2 N–H and O–H groups in total. The molecule has 0 bridgehead atoms. The van der Waals surface area contributed by atoms with Crippen molar-refractivity contribution in [1.82, 2.24) is 9.88 Å². The Morgan fingerprint density at radius 2 is 2.00 bits per heavy atom. The van der Waals surface area contributed by atoms with Crippen LogP contribution in [-0.2, 0) is 13.0 Å². The lowest BCUT2D eigenvalue weighted by atomic mass is 9.95. The molecule has 0 amide bonds. The van der Waals surface area contributed by atoms with Crippen molar-refractivity contribution in [2.45, 2.75) is 19.0 Å². The van der Waals surface area contributed by atoms with Crippen LogP contribution in [0.3, 0.4) is 0 Å². The maximum absolute atomic E-state index is 9.84. The molecule has 0 unspecified atom stereocenters. The van der Waals surface area contributed by atoms with E-state index in [1.54, 1.807) is 6.20 Å². The SMILES string of the molecule is OC[C@@H]1Cc2ccccc2CN1C(=S)Nc1cccc2cnccc12. The van der Waals surface area contributed by atoms with Gasteiger partial charge in [-0.3, -0.25) is 4.98 Å². The van der Waals surface area contributed by atoms with Gasteiger partial charge >= 0.3 is 0 Å². The van der Waals surface area contributed by atoms with E-state index in [4.69, 9.17) is 12.2 Å². The number of nitrogens with zero attached hydrogens (tertiary/aromatic N) is 2. The molecule has 0 saturated heterocycles. The van der Waals surface area contributed by atoms with E-state index in [9.17, 15) is 5.11 Å². The number of anilines is 1. The van der Waals surface area contributed by atoms with Crippen molar-refractivity contribution in [2.24, 2.45) is 0 Å². The van der Waals surface area contributed by atoms with Gasteiger partial charge in [-0.05, 0) is 41.9 Å². The molecule has 25 heavy (non-hydrogen) atoms. The highest BCUT2D eigenvalue weighted by Gasteiger charge is 2.27. The van der Waals surface area contributed by atoms with E-state index >= 15 is 0 Å². The monoisotopic (exact) mass is 349 g/mol. The summed E-state index contributed by atoms with van der Waals surface area (Å²) in [5.41, 5.74) is 3.51. The van der Waals surface area contributed by atoms with Crippen molar-refractivity contribution >= 4 is 33.8 Å². The molecule has 1 atom stereocenters. The molecule has 3 aromatic rings. The van der Waals surface area contributed by atoms with Crippen molar-refractivity contribution in [2.75, 3.05) is 11.9 Å². The number of thiocarbonyl (C=S) groups is 1. The molecule has 0 saturated carbocycles. The van der Waals surface area contributed by atoms with Crippen LogP contribution in [0.15, 0.2) is 60.9 Å². The number of aromatic nitrogens is 1. The molecule has 4 rings (SSSR count). The number of fused-ring (bicyclic) bond motifs is 2. The lowest BCUT2D eigenvalue weighted by molar-refractivity contribution is 0.168. The van der Waals surface area contributed by atoms with Crippen LogP contribution < -0.4 is 5.32 Å². The Balaban J connectivity index is 1.62. The second kappa shape index (κ2) is 6.78. The van der Waals surface area contributed by atoms with Gasteiger partial charge in [0.25, 0.3) is 0 Å². The number of benzene rings is 2. The minimum atomic E-state index is -0.00783. The van der Waals surface area contributed by atoms with Crippen LogP contribution in [0.4, 0.5) is 5.69 Å². The fraction of sp³-hybridized carbons (Fsp3) is 0.200. The normalized spacial score (nSPS) is 16.5. The van der Waals surface area contributed by atoms with Crippen LogP contribution in [0, 0.1) is 0 Å². The smallest absolute Gasteiger partial charge is 0.174 e. The number of rotatable bonds is 2. The molecule has 5 heteroatoms. The summed E-state index contributed by atoms with van der Waals surface area (Å²) in [6, 6.07) is 16.4. The third-order valence-corrected chi connectivity index (χ3v) is 5.09. The summed E-state index contributed by atoms with van der Waals surface area (Å²) in [5, 5.41) is 16.0. The summed E-state index contributed by atoms with van der Waals surface area (Å²) >= 11 is 5.68. The summed E-state index contributed by atoms with van der Waals surface area (Å²) in [6.45, 7) is 0.787. The molecule has 0 fully saturated rings. The van der Waals surface area contributed by atoms with Crippen molar-refractivity contribution in [1.29, 1.82) is 0 Å². The summed E-state index contributed by atoms with van der Waals surface area (Å²) < 4.78 is 0.